The molecule has 0 N–H and O–H groups in total. The highest BCUT2D eigenvalue weighted by Crippen LogP contribution is 2.09. The molecular weight excluding hydrogens is 676 g/mol. The Kier molecular flexibility index (Phi) is 22.2. The van der Waals surface area contributed by atoms with Crippen LogP contribution in [-0.2, 0) is 76.3 Å². The summed E-state index contributed by atoms with van der Waals surface area (Å²) < 4.78 is 40.6. The first-order chi connectivity index (χ1) is 23.8. The number of hydrogen-bond acceptors (Lipinski definition) is 16. The summed E-state index contributed by atoms with van der Waals surface area (Å²) in [5, 5.41) is 0. The van der Waals surface area contributed by atoms with Gasteiger partial charge < -0.3 is 37.9 Å². The summed E-state index contributed by atoms with van der Waals surface area (Å²) in [5.41, 5.74) is 0.476. The molecule has 0 aromatic rings. The van der Waals surface area contributed by atoms with E-state index in [4.69, 9.17) is 37.9 Å². The second-order valence-electron chi connectivity index (χ2n) is 11.4. The number of carbonyl (C=O) groups excluding carboxylic acids is 8. The fourth-order valence-electron chi connectivity index (χ4n) is 3.24. The Hall–Kier alpha value is -5.28. The van der Waals surface area contributed by atoms with Gasteiger partial charge in [0.1, 0.15) is 39.1 Å². The fourth-order valence-corrected chi connectivity index (χ4v) is 3.24. The average molecular weight is 725 g/mol. The molecule has 0 spiro atoms. The first kappa shape index (κ1) is 45.7. The van der Waals surface area contributed by atoms with Crippen molar-refractivity contribution in [1.82, 2.24) is 0 Å². The monoisotopic (exact) mass is 724 g/mol. The first-order valence-corrected chi connectivity index (χ1v) is 15.9. The Bertz CT molecular complexity index is 1270. The summed E-state index contributed by atoms with van der Waals surface area (Å²) >= 11 is 0. The second-order valence-corrected chi connectivity index (χ2v) is 11.4. The van der Waals surface area contributed by atoms with E-state index in [0.717, 1.165) is 0 Å². The molecule has 0 fully saturated rings. The van der Waals surface area contributed by atoms with Crippen molar-refractivity contribution in [3.63, 3.8) is 0 Å². The summed E-state index contributed by atoms with van der Waals surface area (Å²) in [7, 11) is 0. The van der Waals surface area contributed by atoms with Crippen molar-refractivity contribution in [3.8, 4) is 0 Å². The Labute approximate surface area is 297 Å². The lowest BCUT2D eigenvalue weighted by molar-refractivity contribution is -0.165. The molecule has 1 unspecified atom stereocenters. The third-order valence-electron chi connectivity index (χ3n) is 5.93. The van der Waals surface area contributed by atoms with Gasteiger partial charge in [-0.15, -0.1) is 0 Å². The Morgan fingerprint density at radius 3 is 0.980 bits per heavy atom. The maximum absolute atomic E-state index is 12.3. The fraction of sp³-hybridized carbons (Fsp3) is 0.543. The molecule has 0 aromatic carbocycles. The number of carbonyl (C=O) groups is 8. The molecule has 0 aliphatic carbocycles. The normalized spacial score (nSPS) is 11.0. The number of rotatable bonds is 25. The highest BCUT2D eigenvalue weighted by Gasteiger charge is 2.22. The van der Waals surface area contributed by atoms with Gasteiger partial charge in [0.2, 0.25) is 0 Å². The van der Waals surface area contributed by atoms with E-state index in [1.807, 2.05) is 0 Å². The van der Waals surface area contributed by atoms with E-state index in [9.17, 15) is 38.4 Å². The summed E-state index contributed by atoms with van der Waals surface area (Å²) in [6, 6.07) is 0. The Morgan fingerprint density at radius 1 is 0.412 bits per heavy atom. The highest BCUT2D eigenvalue weighted by atomic mass is 16.6. The number of ether oxygens (including phenoxy) is 8. The smallest absolute Gasteiger partial charge is 0.333 e. The van der Waals surface area contributed by atoms with Gasteiger partial charge in [-0.05, 0) is 47.5 Å². The minimum absolute atomic E-state index is 0.0393. The SMILES string of the molecule is C=C(C)C(=O)OCC(COC(=O)C(=C)C)OC(=O)CCCC(=O)OCC(C)OC(=O)CCCC(=O)OC(COC(=O)C(=C)C)COC(=O)C(=C)C. The van der Waals surface area contributed by atoms with Crippen molar-refractivity contribution < 1.29 is 76.3 Å². The predicted octanol–water partition coefficient (Wildman–Crippen LogP) is 3.10. The van der Waals surface area contributed by atoms with Crippen LogP contribution in [0.15, 0.2) is 48.6 Å². The third kappa shape index (κ3) is 22.9. The van der Waals surface area contributed by atoms with E-state index in [0.29, 0.717) is 0 Å². The van der Waals surface area contributed by atoms with Crippen LogP contribution < -0.4 is 0 Å². The van der Waals surface area contributed by atoms with E-state index in [-0.39, 0.29) is 67.4 Å². The first-order valence-electron chi connectivity index (χ1n) is 15.9. The van der Waals surface area contributed by atoms with E-state index < -0.39 is 92.5 Å². The third-order valence-corrected chi connectivity index (χ3v) is 5.93. The lowest BCUT2D eigenvalue weighted by atomic mass is 10.2. The van der Waals surface area contributed by atoms with Crippen molar-refractivity contribution in [2.75, 3.05) is 33.0 Å². The molecule has 51 heavy (non-hydrogen) atoms. The van der Waals surface area contributed by atoms with Crippen molar-refractivity contribution in [2.24, 2.45) is 0 Å². The molecule has 0 saturated heterocycles. The zero-order valence-electron chi connectivity index (χ0n) is 29.9. The van der Waals surface area contributed by atoms with Gasteiger partial charge in [-0.3, -0.25) is 19.2 Å². The quantitative estimate of drug-likeness (QED) is 0.0752. The minimum atomic E-state index is -1.11. The van der Waals surface area contributed by atoms with Gasteiger partial charge in [0, 0.05) is 48.0 Å². The Morgan fingerprint density at radius 2 is 0.686 bits per heavy atom. The van der Waals surface area contributed by atoms with Crippen LogP contribution in [-0.4, -0.2) is 99.1 Å². The molecule has 0 rings (SSSR count). The van der Waals surface area contributed by atoms with Crippen LogP contribution in [0.1, 0.15) is 73.1 Å². The molecule has 0 saturated carbocycles. The van der Waals surface area contributed by atoms with Crippen molar-refractivity contribution in [2.45, 2.75) is 91.5 Å². The zero-order chi connectivity index (χ0) is 39.1. The molecule has 0 heterocycles. The average Bonchev–Trinajstić information content (AvgIpc) is 3.04. The van der Waals surface area contributed by atoms with Gasteiger partial charge in [0.25, 0.3) is 0 Å². The summed E-state index contributed by atoms with van der Waals surface area (Å²) in [6.45, 7) is 19.2. The van der Waals surface area contributed by atoms with Gasteiger partial charge in [-0.1, -0.05) is 26.3 Å². The maximum Gasteiger partial charge on any atom is 0.333 e. The van der Waals surface area contributed by atoms with E-state index in [1.165, 1.54) is 34.6 Å². The lowest BCUT2D eigenvalue weighted by Crippen LogP contribution is -2.31. The van der Waals surface area contributed by atoms with Crippen LogP contribution in [0.2, 0.25) is 0 Å². The van der Waals surface area contributed by atoms with Crippen LogP contribution in [0.4, 0.5) is 0 Å². The number of esters is 8. The second kappa shape index (κ2) is 24.8. The van der Waals surface area contributed by atoms with Gasteiger partial charge >= 0.3 is 47.8 Å². The van der Waals surface area contributed by atoms with E-state index in [2.05, 4.69) is 26.3 Å². The molecule has 0 radical (unpaired) electrons. The van der Waals surface area contributed by atoms with Crippen LogP contribution in [0, 0.1) is 0 Å². The van der Waals surface area contributed by atoms with Crippen LogP contribution in [0.5, 0.6) is 0 Å². The Balaban J connectivity index is 4.56. The largest absolute Gasteiger partial charge is 0.462 e. The van der Waals surface area contributed by atoms with E-state index in [1.54, 1.807) is 0 Å². The molecule has 284 valence electrons. The molecule has 0 bridgehead atoms. The zero-order valence-corrected chi connectivity index (χ0v) is 29.9. The summed E-state index contributed by atoms with van der Waals surface area (Å²) in [6.07, 6.45) is -3.71. The maximum atomic E-state index is 12.3. The van der Waals surface area contributed by atoms with Crippen molar-refractivity contribution in [3.05, 3.63) is 48.6 Å². The van der Waals surface area contributed by atoms with Crippen LogP contribution in [0.25, 0.3) is 0 Å². The van der Waals surface area contributed by atoms with Gasteiger partial charge in [0.05, 0.1) is 0 Å². The molecule has 16 heteroatoms. The van der Waals surface area contributed by atoms with Gasteiger partial charge in [0.15, 0.2) is 12.2 Å². The molecule has 16 nitrogen and oxygen atoms in total. The molecule has 1 atom stereocenters. The van der Waals surface area contributed by atoms with Crippen LogP contribution >= 0.6 is 0 Å². The molecule has 0 aliphatic rings. The molecule has 0 aliphatic heterocycles. The standard InChI is InChI=1S/C35H48O16/c1-21(2)32(40)45-17-26(18-46-33(41)22(3)4)50-30(38)14-10-12-28(36)44-16-25(9)49-29(37)13-11-15-31(39)51-27(19-47-34(42)23(5)6)20-48-35(43)24(7)8/h25-27H,1,3,5,7,10-20H2,2,4,6,8-9H3. The van der Waals surface area contributed by atoms with Crippen molar-refractivity contribution in [1.29, 1.82) is 0 Å². The van der Waals surface area contributed by atoms with Gasteiger partial charge in [-0.2, -0.15) is 0 Å². The van der Waals surface area contributed by atoms with Crippen LogP contribution in [0.3, 0.4) is 0 Å². The minimum Gasteiger partial charge on any atom is -0.462 e. The summed E-state index contributed by atoms with van der Waals surface area (Å²) in [5.74, 6) is -5.74. The predicted molar refractivity (Wildman–Crippen MR) is 177 cm³/mol. The lowest BCUT2D eigenvalue weighted by Gasteiger charge is -2.18. The molecular formula is C35H48O16. The number of hydrogen-bond donors (Lipinski definition) is 0. The summed E-state index contributed by atoms with van der Waals surface area (Å²) in [4.78, 5) is 95.7. The van der Waals surface area contributed by atoms with Crippen molar-refractivity contribution >= 4 is 47.8 Å². The van der Waals surface area contributed by atoms with E-state index >= 15 is 0 Å². The molecule has 0 aromatic heterocycles. The highest BCUT2D eigenvalue weighted by molar-refractivity contribution is 5.88. The molecule has 0 amide bonds. The topological polar surface area (TPSA) is 210 Å². The van der Waals surface area contributed by atoms with Gasteiger partial charge in [-0.25, -0.2) is 19.2 Å².